The number of rotatable bonds is 3. The lowest BCUT2D eigenvalue weighted by Gasteiger charge is -2.25. The van der Waals surface area contributed by atoms with Crippen LogP contribution in [0.4, 0.5) is 5.69 Å². The minimum absolute atomic E-state index is 0.212. The number of anilines is 1. The van der Waals surface area contributed by atoms with Gasteiger partial charge >= 0.3 is 0 Å². The second kappa shape index (κ2) is 6.45. The summed E-state index contributed by atoms with van der Waals surface area (Å²) < 4.78 is 0. The number of hydrogen-bond donors (Lipinski definition) is 1. The van der Waals surface area contributed by atoms with Gasteiger partial charge in [-0.15, -0.1) is 0 Å². The Balaban J connectivity index is 1.44. The number of hydrogen-bond acceptors (Lipinski definition) is 3. The molecule has 3 heterocycles. The van der Waals surface area contributed by atoms with Gasteiger partial charge in [-0.3, -0.25) is 19.7 Å². The first-order chi connectivity index (χ1) is 13.5. The topological polar surface area (TPSA) is 66.5 Å². The summed E-state index contributed by atoms with van der Waals surface area (Å²) in [6.07, 6.45) is 2.73. The van der Waals surface area contributed by atoms with Crippen molar-refractivity contribution < 1.29 is 14.4 Å². The number of imide groups is 1. The van der Waals surface area contributed by atoms with Crippen LogP contribution in [-0.4, -0.2) is 23.8 Å². The number of halogens is 1. The molecule has 1 saturated carbocycles. The number of nitrogens with one attached hydrogen (secondary N) is 1. The van der Waals surface area contributed by atoms with E-state index in [-0.39, 0.29) is 23.6 Å². The highest BCUT2D eigenvalue weighted by Gasteiger charge is 2.50. The van der Waals surface area contributed by atoms with Crippen LogP contribution in [0.2, 0.25) is 5.02 Å². The van der Waals surface area contributed by atoms with Crippen LogP contribution in [0.25, 0.3) is 11.1 Å². The number of nitrogens with zero attached hydrogens (tertiary/aromatic N) is 1. The molecule has 142 valence electrons. The lowest BCUT2D eigenvalue weighted by Crippen LogP contribution is -2.39. The smallest absolute Gasteiger partial charge is 0.234 e. The van der Waals surface area contributed by atoms with Crippen LogP contribution in [0.5, 0.6) is 0 Å². The van der Waals surface area contributed by atoms with Crippen LogP contribution in [0, 0.1) is 5.92 Å². The molecule has 0 aromatic heterocycles. The maximum atomic E-state index is 12.3. The largest absolute Gasteiger partial charge is 0.309 e. The first-order valence-corrected chi connectivity index (χ1v) is 9.96. The molecule has 2 aromatic carbocycles. The molecule has 28 heavy (non-hydrogen) atoms. The van der Waals surface area contributed by atoms with Crippen LogP contribution < -0.4 is 10.2 Å². The van der Waals surface area contributed by atoms with Gasteiger partial charge in [0, 0.05) is 29.6 Å². The van der Waals surface area contributed by atoms with E-state index in [9.17, 15) is 14.4 Å². The minimum Gasteiger partial charge on any atom is -0.309 e. The number of carbonyl (C=O) groups excluding carboxylic acids is 3. The van der Waals surface area contributed by atoms with E-state index >= 15 is 0 Å². The molecule has 2 aromatic rings. The molecule has 3 saturated heterocycles. The number of fused-ring (bicyclic) bond motifs is 1. The molecule has 5 nitrogen and oxygen atoms in total. The Hall–Kier alpha value is -2.66. The first-order valence-electron chi connectivity index (χ1n) is 9.58. The molecule has 1 aliphatic carbocycles. The van der Waals surface area contributed by atoms with Crippen molar-refractivity contribution in [1.82, 2.24) is 5.32 Å². The lowest BCUT2D eigenvalue weighted by atomic mass is 9.86. The van der Waals surface area contributed by atoms with Crippen molar-refractivity contribution in [3.63, 3.8) is 0 Å². The van der Waals surface area contributed by atoms with Gasteiger partial charge in [0.05, 0.1) is 10.9 Å². The van der Waals surface area contributed by atoms with Gasteiger partial charge in [-0.25, -0.2) is 0 Å². The summed E-state index contributed by atoms with van der Waals surface area (Å²) in [4.78, 5) is 37.8. The van der Waals surface area contributed by atoms with E-state index in [2.05, 4.69) is 5.32 Å². The number of benzene rings is 2. The molecular weight excluding hydrogens is 376 g/mol. The number of carbonyl (C=O) groups is 3. The Morgan fingerprint density at radius 1 is 1.00 bits per heavy atom. The molecular formula is C22H19ClN2O3. The predicted octanol–water partition coefficient (Wildman–Crippen LogP) is 3.65. The van der Waals surface area contributed by atoms with Gasteiger partial charge in [-0.05, 0) is 42.5 Å². The fourth-order valence-electron chi connectivity index (χ4n) is 4.55. The SMILES string of the molecule is O=C1CCC(c2cccc(-c3ccc(N4C(=O)C5CC4C5)cc3)c2Cl)C(=O)N1. The predicted molar refractivity (Wildman–Crippen MR) is 106 cm³/mol. The zero-order chi connectivity index (χ0) is 19.4. The van der Waals surface area contributed by atoms with Crippen molar-refractivity contribution in [3.05, 3.63) is 53.1 Å². The van der Waals surface area contributed by atoms with Gasteiger partial charge in [-0.1, -0.05) is 41.9 Å². The normalized spacial score (nSPS) is 26.2. The van der Waals surface area contributed by atoms with Gasteiger partial charge < -0.3 is 4.90 Å². The van der Waals surface area contributed by atoms with Crippen LogP contribution in [0.3, 0.4) is 0 Å². The molecule has 6 rings (SSSR count). The Kier molecular flexibility index (Phi) is 4.02. The third kappa shape index (κ3) is 2.65. The van der Waals surface area contributed by atoms with Crippen LogP contribution in [-0.2, 0) is 14.4 Å². The summed E-state index contributed by atoms with van der Waals surface area (Å²) in [5.41, 5.74) is 3.44. The van der Waals surface area contributed by atoms with E-state index in [0.29, 0.717) is 23.9 Å². The zero-order valence-electron chi connectivity index (χ0n) is 15.2. The zero-order valence-corrected chi connectivity index (χ0v) is 15.9. The van der Waals surface area contributed by atoms with Crippen LogP contribution >= 0.6 is 11.6 Å². The summed E-state index contributed by atoms with van der Waals surface area (Å²) in [5, 5.41) is 2.92. The molecule has 0 spiro atoms. The maximum absolute atomic E-state index is 12.3. The highest BCUT2D eigenvalue weighted by Crippen LogP contribution is 2.45. The standard InChI is InChI=1S/C22H19ClN2O3/c23-20-16(2-1-3-17(20)18-8-9-19(26)24-21(18)27)12-4-6-14(7-5-12)25-15-10-13(11-15)22(25)28/h1-7,13,15,18H,8-11H2,(H,24,26,27). The molecule has 3 aliphatic heterocycles. The first kappa shape index (κ1) is 17.4. The average Bonchev–Trinajstić information content (AvgIpc) is 3.14. The van der Waals surface area contributed by atoms with E-state index in [1.54, 1.807) is 0 Å². The summed E-state index contributed by atoms with van der Waals surface area (Å²) in [6.45, 7) is 0. The van der Waals surface area contributed by atoms with Crippen molar-refractivity contribution in [2.24, 2.45) is 5.92 Å². The molecule has 6 heteroatoms. The molecule has 1 atom stereocenters. The molecule has 1 unspecified atom stereocenters. The molecule has 4 aliphatic rings. The van der Waals surface area contributed by atoms with Crippen molar-refractivity contribution in [2.45, 2.75) is 37.6 Å². The second-order valence-corrected chi connectivity index (χ2v) is 8.17. The number of piperidine rings is 1. The quantitative estimate of drug-likeness (QED) is 0.808. The minimum atomic E-state index is -0.418. The van der Waals surface area contributed by atoms with Crippen LogP contribution in [0.1, 0.15) is 37.2 Å². The van der Waals surface area contributed by atoms with Crippen molar-refractivity contribution in [1.29, 1.82) is 0 Å². The summed E-state index contributed by atoms with van der Waals surface area (Å²) in [5.74, 6) is -0.505. The van der Waals surface area contributed by atoms with Crippen molar-refractivity contribution in [2.75, 3.05) is 4.90 Å². The van der Waals surface area contributed by atoms with E-state index in [0.717, 1.165) is 35.2 Å². The Morgan fingerprint density at radius 3 is 2.39 bits per heavy atom. The van der Waals surface area contributed by atoms with E-state index in [1.807, 2.05) is 47.4 Å². The molecule has 1 N–H and O–H groups in total. The molecule has 2 bridgehead atoms. The van der Waals surface area contributed by atoms with E-state index < -0.39 is 5.92 Å². The second-order valence-electron chi connectivity index (χ2n) is 7.79. The summed E-state index contributed by atoms with van der Waals surface area (Å²) in [7, 11) is 0. The van der Waals surface area contributed by atoms with Crippen molar-refractivity contribution in [3.8, 4) is 11.1 Å². The third-order valence-corrected chi connectivity index (χ3v) is 6.59. The van der Waals surface area contributed by atoms with Gasteiger partial charge in [0.1, 0.15) is 0 Å². The third-order valence-electron chi connectivity index (χ3n) is 6.16. The van der Waals surface area contributed by atoms with Gasteiger partial charge in [-0.2, -0.15) is 0 Å². The van der Waals surface area contributed by atoms with E-state index in [4.69, 9.17) is 11.6 Å². The van der Waals surface area contributed by atoms with Gasteiger partial charge in [0.25, 0.3) is 0 Å². The summed E-state index contributed by atoms with van der Waals surface area (Å²) in [6, 6.07) is 13.9. The van der Waals surface area contributed by atoms with Crippen molar-refractivity contribution >= 4 is 35.0 Å². The Morgan fingerprint density at radius 2 is 1.75 bits per heavy atom. The van der Waals surface area contributed by atoms with Crippen LogP contribution in [0.15, 0.2) is 42.5 Å². The fraction of sp³-hybridized carbons (Fsp3) is 0.318. The van der Waals surface area contributed by atoms with Gasteiger partial charge in [0.15, 0.2) is 0 Å². The molecule has 4 fully saturated rings. The maximum Gasteiger partial charge on any atom is 0.234 e. The number of amides is 3. The van der Waals surface area contributed by atoms with Gasteiger partial charge in [0.2, 0.25) is 17.7 Å². The molecule has 0 radical (unpaired) electrons. The van der Waals surface area contributed by atoms with E-state index in [1.165, 1.54) is 0 Å². The highest BCUT2D eigenvalue weighted by molar-refractivity contribution is 6.34. The monoisotopic (exact) mass is 394 g/mol. The Bertz CT molecular complexity index is 995. The average molecular weight is 395 g/mol. The Labute approximate surface area is 167 Å². The molecule has 3 amide bonds. The summed E-state index contributed by atoms with van der Waals surface area (Å²) >= 11 is 6.67. The lowest BCUT2D eigenvalue weighted by molar-refractivity contribution is -0.134. The fourth-order valence-corrected chi connectivity index (χ4v) is 4.92. The highest BCUT2D eigenvalue weighted by atomic mass is 35.5.